The first-order valence-corrected chi connectivity index (χ1v) is 7.70. The van der Waals surface area contributed by atoms with Gasteiger partial charge < -0.3 is 9.64 Å². The largest absolute Gasteiger partial charge is 0.466 e. The smallest absolute Gasteiger partial charge is 0.307 e. The number of hydrogen-bond acceptors (Lipinski definition) is 4. The number of Topliss-reactive ketones (excluding diaryl/α,β-unsaturated/α-hetero) is 1. The molecule has 0 aromatic heterocycles. The highest BCUT2D eigenvalue weighted by atomic mass is 79.9. The highest BCUT2D eigenvalue weighted by Crippen LogP contribution is 2.18. The van der Waals surface area contributed by atoms with E-state index in [0.29, 0.717) is 5.69 Å². The standard InChI is InChI=1S/C15H18BrNO4/c1-3-21-14(19)9-12(13(18)10-16)15(20)17(2)11-7-5-4-6-8-11/h4-8,12H,3,9-10H2,1-2H3. The lowest BCUT2D eigenvalue weighted by Crippen LogP contribution is -2.39. The van der Waals surface area contributed by atoms with Crippen LogP contribution in [0.2, 0.25) is 0 Å². The van der Waals surface area contributed by atoms with Gasteiger partial charge in [-0.25, -0.2) is 0 Å². The molecule has 0 saturated heterocycles. The number of carbonyl (C=O) groups is 3. The Balaban J connectivity index is 2.89. The van der Waals surface area contributed by atoms with Crippen LogP contribution in [0.4, 0.5) is 5.69 Å². The Morgan fingerprint density at radius 2 is 1.86 bits per heavy atom. The van der Waals surface area contributed by atoms with Crippen molar-refractivity contribution < 1.29 is 19.1 Å². The average Bonchev–Trinajstić information content (AvgIpc) is 2.51. The average molecular weight is 356 g/mol. The third-order valence-electron chi connectivity index (χ3n) is 2.97. The van der Waals surface area contributed by atoms with Gasteiger partial charge in [0.15, 0.2) is 5.78 Å². The van der Waals surface area contributed by atoms with Crippen LogP contribution >= 0.6 is 15.9 Å². The van der Waals surface area contributed by atoms with Gasteiger partial charge >= 0.3 is 5.97 Å². The molecule has 21 heavy (non-hydrogen) atoms. The van der Waals surface area contributed by atoms with Gasteiger partial charge in [0.1, 0.15) is 5.92 Å². The first-order valence-electron chi connectivity index (χ1n) is 6.58. The van der Waals surface area contributed by atoms with E-state index >= 15 is 0 Å². The fourth-order valence-electron chi connectivity index (χ4n) is 1.83. The highest BCUT2D eigenvalue weighted by molar-refractivity contribution is 9.09. The molecule has 0 bridgehead atoms. The van der Waals surface area contributed by atoms with Crippen molar-refractivity contribution in [2.75, 3.05) is 23.9 Å². The molecule has 0 aliphatic rings. The van der Waals surface area contributed by atoms with Crippen molar-refractivity contribution in [3.63, 3.8) is 0 Å². The molecule has 1 aromatic rings. The van der Waals surface area contributed by atoms with E-state index in [4.69, 9.17) is 4.74 Å². The molecule has 5 nitrogen and oxygen atoms in total. The van der Waals surface area contributed by atoms with Crippen molar-refractivity contribution in [1.29, 1.82) is 0 Å². The van der Waals surface area contributed by atoms with Crippen LogP contribution in [0.15, 0.2) is 30.3 Å². The molecule has 1 atom stereocenters. The Hall–Kier alpha value is -1.69. The fraction of sp³-hybridized carbons (Fsp3) is 0.400. The van der Waals surface area contributed by atoms with Crippen molar-refractivity contribution in [3.05, 3.63) is 30.3 Å². The molecule has 0 radical (unpaired) electrons. The Bertz CT molecular complexity index is 504. The molecule has 0 fully saturated rings. The van der Waals surface area contributed by atoms with E-state index in [0.717, 1.165) is 0 Å². The molecule has 6 heteroatoms. The SMILES string of the molecule is CCOC(=O)CC(C(=O)CBr)C(=O)N(C)c1ccccc1. The summed E-state index contributed by atoms with van der Waals surface area (Å²) in [7, 11) is 1.58. The predicted octanol–water partition coefficient (Wildman–Crippen LogP) is 2.18. The van der Waals surface area contributed by atoms with Crippen LogP contribution in [0.5, 0.6) is 0 Å². The molecule has 1 rings (SSSR count). The number of esters is 1. The third kappa shape index (κ3) is 4.97. The van der Waals surface area contributed by atoms with Crippen LogP contribution in [0.25, 0.3) is 0 Å². The molecule has 0 aliphatic heterocycles. The fourth-order valence-corrected chi connectivity index (χ4v) is 2.22. The molecule has 114 valence electrons. The first-order chi connectivity index (χ1) is 10.0. The van der Waals surface area contributed by atoms with Gasteiger partial charge in [-0.3, -0.25) is 14.4 Å². The summed E-state index contributed by atoms with van der Waals surface area (Å²) in [6, 6.07) is 8.95. The van der Waals surface area contributed by atoms with E-state index < -0.39 is 17.8 Å². The molecular formula is C15H18BrNO4. The third-order valence-corrected chi connectivity index (χ3v) is 3.52. The molecular weight excluding hydrogens is 338 g/mol. The molecule has 1 aromatic carbocycles. The summed E-state index contributed by atoms with van der Waals surface area (Å²) in [5.41, 5.74) is 0.665. The van der Waals surface area contributed by atoms with Crippen molar-refractivity contribution >= 4 is 39.3 Å². The summed E-state index contributed by atoms with van der Waals surface area (Å²) in [4.78, 5) is 37.3. The topological polar surface area (TPSA) is 63.7 Å². The van der Waals surface area contributed by atoms with Crippen molar-refractivity contribution in [2.24, 2.45) is 5.92 Å². The molecule has 0 aliphatic carbocycles. The van der Waals surface area contributed by atoms with Crippen LogP contribution in [0.3, 0.4) is 0 Å². The van der Waals surface area contributed by atoms with Crippen LogP contribution in [0, 0.1) is 5.92 Å². The maximum Gasteiger partial charge on any atom is 0.307 e. The lowest BCUT2D eigenvalue weighted by atomic mass is 9.99. The number of carbonyl (C=O) groups excluding carboxylic acids is 3. The minimum Gasteiger partial charge on any atom is -0.466 e. The molecule has 0 heterocycles. The zero-order valence-corrected chi connectivity index (χ0v) is 13.6. The summed E-state index contributed by atoms with van der Waals surface area (Å²) in [6.45, 7) is 1.90. The van der Waals surface area contributed by atoms with Crippen LogP contribution in [-0.4, -0.2) is 36.6 Å². The van der Waals surface area contributed by atoms with Crippen molar-refractivity contribution in [3.8, 4) is 0 Å². The van der Waals surface area contributed by atoms with E-state index in [-0.39, 0.29) is 24.1 Å². The number of nitrogens with zero attached hydrogens (tertiary/aromatic N) is 1. The minimum absolute atomic E-state index is 0.0193. The van der Waals surface area contributed by atoms with Gasteiger partial charge in [0.25, 0.3) is 0 Å². The lowest BCUT2D eigenvalue weighted by molar-refractivity contribution is -0.148. The molecule has 0 N–H and O–H groups in total. The molecule has 0 spiro atoms. The Kier molecular flexibility index (Phi) is 7.08. The van der Waals surface area contributed by atoms with Gasteiger partial charge in [0.05, 0.1) is 18.4 Å². The van der Waals surface area contributed by atoms with Crippen molar-refractivity contribution in [1.82, 2.24) is 0 Å². The minimum atomic E-state index is -1.03. The zero-order chi connectivity index (χ0) is 15.8. The maximum atomic E-state index is 12.5. The zero-order valence-electron chi connectivity index (χ0n) is 12.0. The van der Waals surface area contributed by atoms with E-state index in [1.807, 2.05) is 6.07 Å². The summed E-state index contributed by atoms with van der Waals surface area (Å²) < 4.78 is 4.83. The van der Waals surface area contributed by atoms with Gasteiger partial charge in [-0.2, -0.15) is 0 Å². The second-order valence-electron chi connectivity index (χ2n) is 4.39. The predicted molar refractivity (Wildman–Crippen MR) is 83.4 cm³/mol. The number of hydrogen-bond donors (Lipinski definition) is 0. The summed E-state index contributed by atoms with van der Waals surface area (Å²) in [6.07, 6.45) is -0.242. The number of ether oxygens (including phenoxy) is 1. The molecule has 1 amide bonds. The molecule has 1 unspecified atom stereocenters. The number of halogens is 1. The van der Waals surface area contributed by atoms with Crippen LogP contribution in [-0.2, 0) is 19.1 Å². The summed E-state index contributed by atoms with van der Waals surface area (Å²) in [5.74, 6) is -2.34. The quantitative estimate of drug-likeness (QED) is 0.427. The van der Waals surface area contributed by atoms with Gasteiger partial charge in [-0.1, -0.05) is 34.1 Å². The van der Waals surface area contributed by atoms with E-state index in [1.54, 1.807) is 38.2 Å². The summed E-state index contributed by atoms with van der Waals surface area (Å²) >= 11 is 3.05. The Morgan fingerprint density at radius 3 is 2.38 bits per heavy atom. The van der Waals surface area contributed by atoms with E-state index in [9.17, 15) is 14.4 Å². The first kappa shape index (κ1) is 17.4. The number of para-hydroxylation sites is 1. The Morgan fingerprint density at radius 1 is 1.24 bits per heavy atom. The van der Waals surface area contributed by atoms with Crippen molar-refractivity contribution in [2.45, 2.75) is 13.3 Å². The lowest BCUT2D eigenvalue weighted by Gasteiger charge is -2.22. The van der Waals surface area contributed by atoms with Crippen LogP contribution in [0.1, 0.15) is 13.3 Å². The number of anilines is 1. The van der Waals surface area contributed by atoms with Crippen LogP contribution < -0.4 is 4.90 Å². The maximum absolute atomic E-state index is 12.5. The summed E-state index contributed by atoms with van der Waals surface area (Å²) in [5, 5.41) is 0.0193. The van der Waals surface area contributed by atoms with E-state index in [1.165, 1.54) is 4.90 Å². The second kappa shape index (κ2) is 8.56. The van der Waals surface area contributed by atoms with Gasteiger partial charge in [0.2, 0.25) is 5.91 Å². The number of ketones is 1. The monoisotopic (exact) mass is 355 g/mol. The number of amides is 1. The van der Waals surface area contributed by atoms with E-state index in [2.05, 4.69) is 15.9 Å². The molecule has 0 saturated carbocycles. The second-order valence-corrected chi connectivity index (χ2v) is 4.96. The van der Waals surface area contributed by atoms with Gasteiger partial charge in [-0.05, 0) is 19.1 Å². The number of rotatable bonds is 7. The van der Waals surface area contributed by atoms with Gasteiger partial charge in [-0.15, -0.1) is 0 Å². The van der Waals surface area contributed by atoms with Gasteiger partial charge in [0, 0.05) is 12.7 Å². The highest BCUT2D eigenvalue weighted by Gasteiger charge is 2.31. The normalized spacial score (nSPS) is 11.6. The Labute approximate surface area is 132 Å². The number of alkyl halides is 1. The number of benzene rings is 1.